The summed E-state index contributed by atoms with van der Waals surface area (Å²) >= 11 is 0. The summed E-state index contributed by atoms with van der Waals surface area (Å²) in [5.74, 6) is 2.10. The number of hydrogen-bond donors (Lipinski definition) is 0. The van der Waals surface area contributed by atoms with E-state index in [1.165, 1.54) is 24.8 Å². The van der Waals surface area contributed by atoms with Crippen LogP contribution in [0.3, 0.4) is 0 Å². The normalized spacial score (nSPS) is 14.4. The second kappa shape index (κ2) is 7.01. The first-order valence-electron chi connectivity index (χ1n) is 8.93. The topological polar surface area (TPSA) is 43.1 Å². The summed E-state index contributed by atoms with van der Waals surface area (Å²) in [6.45, 7) is 3.11. The van der Waals surface area contributed by atoms with E-state index >= 15 is 0 Å². The van der Waals surface area contributed by atoms with Gasteiger partial charge in [-0.25, -0.2) is 0 Å². The van der Waals surface area contributed by atoms with Gasteiger partial charge in [0.05, 0.1) is 5.69 Å². The van der Waals surface area contributed by atoms with E-state index in [2.05, 4.69) is 63.1 Å². The van der Waals surface area contributed by atoms with E-state index in [0.29, 0.717) is 0 Å². The largest absolute Gasteiger partial charge is 0.311 e. The van der Waals surface area contributed by atoms with Crippen molar-refractivity contribution in [3.8, 4) is 11.4 Å². The van der Waals surface area contributed by atoms with Gasteiger partial charge < -0.3 is 4.57 Å². The molecule has 0 fully saturated rings. The number of hydrogen-bond acceptors (Lipinski definition) is 3. The fraction of sp³-hybridized carbons (Fsp3) is 0.286. The summed E-state index contributed by atoms with van der Waals surface area (Å²) in [5, 5.41) is 8.80. The van der Waals surface area contributed by atoms with Crippen molar-refractivity contribution in [1.82, 2.24) is 14.8 Å². The third-order valence-corrected chi connectivity index (χ3v) is 4.64. The van der Waals surface area contributed by atoms with Crippen molar-refractivity contribution in [2.24, 2.45) is 4.99 Å². The number of rotatable bonds is 3. The highest BCUT2D eigenvalue weighted by atomic mass is 15.3. The highest BCUT2D eigenvalue weighted by Crippen LogP contribution is 2.24. The molecule has 4 heteroatoms. The second-order valence-electron chi connectivity index (χ2n) is 6.62. The Morgan fingerprint density at radius 2 is 1.88 bits per heavy atom. The highest BCUT2D eigenvalue weighted by molar-refractivity contribution is 5.82. The number of fused-ring (bicyclic) bond motifs is 1. The molecule has 0 aliphatic carbocycles. The van der Waals surface area contributed by atoms with Crippen LogP contribution in [-0.4, -0.2) is 21.0 Å². The smallest absolute Gasteiger partial charge is 0.163 e. The van der Waals surface area contributed by atoms with E-state index in [4.69, 9.17) is 0 Å². The summed E-state index contributed by atoms with van der Waals surface area (Å²) in [6, 6.07) is 16.6. The number of nitrogens with zero attached hydrogens (tertiary/aromatic N) is 4. The Bertz CT molecular complexity index is 891. The van der Waals surface area contributed by atoms with Crippen LogP contribution >= 0.6 is 0 Å². The Morgan fingerprint density at radius 1 is 1.00 bits per heavy atom. The average Bonchev–Trinajstić information content (AvgIpc) is 2.89. The van der Waals surface area contributed by atoms with Gasteiger partial charge in [-0.15, -0.1) is 10.2 Å². The third kappa shape index (κ3) is 3.53. The van der Waals surface area contributed by atoms with Gasteiger partial charge in [-0.1, -0.05) is 36.2 Å². The number of aromatic nitrogens is 3. The molecule has 0 atom stereocenters. The van der Waals surface area contributed by atoms with Crippen LogP contribution in [0.2, 0.25) is 0 Å². The van der Waals surface area contributed by atoms with Crippen molar-refractivity contribution in [2.75, 3.05) is 0 Å². The lowest BCUT2D eigenvalue weighted by atomic mass is 10.1. The molecule has 0 saturated carbocycles. The Labute approximate surface area is 148 Å². The molecule has 0 bridgehead atoms. The Balaban J connectivity index is 1.55. The van der Waals surface area contributed by atoms with E-state index in [0.717, 1.165) is 41.4 Å². The van der Waals surface area contributed by atoms with Crippen molar-refractivity contribution >= 4 is 11.9 Å². The van der Waals surface area contributed by atoms with Gasteiger partial charge in [0.2, 0.25) is 0 Å². The van der Waals surface area contributed by atoms with E-state index in [1.54, 1.807) is 0 Å². The molecule has 25 heavy (non-hydrogen) atoms. The Kier molecular flexibility index (Phi) is 4.42. The molecular weight excluding hydrogens is 308 g/mol. The maximum Gasteiger partial charge on any atom is 0.163 e. The standard InChI is InChI=1S/C21H22N4/c1-16-6-5-7-17(14-16)15-22-19-11-9-18(10-12-19)21-24-23-20-8-3-2-4-13-25(20)21/h5-7,9-12,14-15H,2-4,8,13H2,1H3. The zero-order valence-corrected chi connectivity index (χ0v) is 14.5. The molecule has 0 N–H and O–H groups in total. The van der Waals surface area contributed by atoms with E-state index in [-0.39, 0.29) is 0 Å². The molecule has 4 nitrogen and oxygen atoms in total. The van der Waals surface area contributed by atoms with E-state index in [1.807, 2.05) is 18.3 Å². The fourth-order valence-electron chi connectivity index (χ4n) is 3.29. The quantitative estimate of drug-likeness (QED) is 0.652. The molecule has 2 heterocycles. The van der Waals surface area contributed by atoms with E-state index < -0.39 is 0 Å². The summed E-state index contributed by atoms with van der Waals surface area (Å²) in [4.78, 5) is 4.57. The van der Waals surface area contributed by atoms with Crippen LogP contribution in [-0.2, 0) is 13.0 Å². The lowest BCUT2D eigenvalue weighted by Crippen LogP contribution is -2.02. The minimum atomic E-state index is 0.945. The van der Waals surface area contributed by atoms with Crippen molar-refractivity contribution in [3.05, 3.63) is 65.5 Å². The van der Waals surface area contributed by atoms with Gasteiger partial charge >= 0.3 is 0 Å². The number of aliphatic imine (C=N–C) groups is 1. The summed E-state index contributed by atoms with van der Waals surface area (Å²) in [7, 11) is 0. The van der Waals surface area contributed by atoms with Gasteiger partial charge in [0, 0.05) is 24.7 Å². The van der Waals surface area contributed by atoms with Gasteiger partial charge in [-0.05, 0) is 49.6 Å². The van der Waals surface area contributed by atoms with Gasteiger partial charge in [0.25, 0.3) is 0 Å². The predicted octanol–water partition coefficient (Wildman–Crippen LogP) is 4.73. The van der Waals surface area contributed by atoms with Crippen LogP contribution in [0.5, 0.6) is 0 Å². The lowest BCUT2D eigenvalue weighted by molar-refractivity contribution is 0.636. The number of benzene rings is 2. The SMILES string of the molecule is Cc1cccc(C=Nc2ccc(-c3nnc4n3CCCCC4)cc2)c1. The van der Waals surface area contributed by atoms with Crippen LogP contribution in [0.1, 0.15) is 36.2 Å². The summed E-state index contributed by atoms with van der Waals surface area (Å²) in [5.41, 5.74) is 4.41. The fourth-order valence-corrected chi connectivity index (χ4v) is 3.29. The van der Waals surface area contributed by atoms with Crippen molar-refractivity contribution < 1.29 is 0 Å². The van der Waals surface area contributed by atoms with Crippen LogP contribution in [0, 0.1) is 6.92 Å². The average molecular weight is 330 g/mol. The molecule has 1 aromatic heterocycles. The molecule has 1 aliphatic heterocycles. The Hall–Kier alpha value is -2.75. The van der Waals surface area contributed by atoms with Crippen molar-refractivity contribution in [1.29, 1.82) is 0 Å². The Morgan fingerprint density at radius 3 is 2.72 bits per heavy atom. The third-order valence-electron chi connectivity index (χ3n) is 4.64. The van der Waals surface area contributed by atoms with Crippen LogP contribution in [0.4, 0.5) is 5.69 Å². The molecule has 0 saturated heterocycles. The van der Waals surface area contributed by atoms with Crippen molar-refractivity contribution in [2.45, 2.75) is 39.2 Å². The minimum absolute atomic E-state index is 0.945. The lowest BCUT2D eigenvalue weighted by Gasteiger charge is -2.07. The first-order chi connectivity index (χ1) is 12.3. The molecular formula is C21H22N4. The summed E-state index contributed by atoms with van der Waals surface area (Å²) in [6.07, 6.45) is 6.63. The molecule has 0 unspecified atom stereocenters. The minimum Gasteiger partial charge on any atom is -0.311 e. The second-order valence-corrected chi connectivity index (χ2v) is 6.62. The molecule has 0 amide bonds. The predicted molar refractivity (Wildman–Crippen MR) is 101 cm³/mol. The van der Waals surface area contributed by atoms with Gasteiger partial charge in [0.1, 0.15) is 5.82 Å². The first kappa shape index (κ1) is 15.8. The van der Waals surface area contributed by atoms with Gasteiger partial charge in [0.15, 0.2) is 5.82 Å². The zero-order valence-electron chi connectivity index (χ0n) is 14.5. The molecule has 126 valence electrons. The van der Waals surface area contributed by atoms with Crippen LogP contribution in [0.15, 0.2) is 53.5 Å². The molecule has 3 aromatic rings. The molecule has 1 aliphatic rings. The number of aryl methyl sites for hydroxylation is 2. The molecule has 0 spiro atoms. The van der Waals surface area contributed by atoms with E-state index in [9.17, 15) is 0 Å². The summed E-state index contributed by atoms with van der Waals surface area (Å²) < 4.78 is 2.28. The van der Waals surface area contributed by atoms with Crippen molar-refractivity contribution in [3.63, 3.8) is 0 Å². The first-order valence-corrected chi connectivity index (χ1v) is 8.93. The zero-order chi connectivity index (χ0) is 17.1. The van der Waals surface area contributed by atoms with Crippen LogP contribution < -0.4 is 0 Å². The highest BCUT2D eigenvalue weighted by Gasteiger charge is 2.15. The maximum absolute atomic E-state index is 4.57. The maximum atomic E-state index is 4.57. The van der Waals surface area contributed by atoms with Gasteiger partial charge in [-0.3, -0.25) is 4.99 Å². The van der Waals surface area contributed by atoms with Gasteiger partial charge in [-0.2, -0.15) is 0 Å². The monoisotopic (exact) mass is 330 g/mol. The van der Waals surface area contributed by atoms with Crippen LogP contribution in [0.25, 0.3) is 11.4 Å². The molecule has 4 rings (SSSR count). The molecule has 0 radical (unpaired) electrons. The molecule has 2 aromatic carbocycles.